The molecule has 0 saturated carbocycles. The molecule has 0 fully saturated rings. The van der Waals surface area contributed by atoms with Crippen LogP contribution in [0.25, 0.3) is 0 Å². The molecule has 25 heavy (non-hydrogen) atoms. The molecule has 0 aliphatic rings. The molecule has 1 N–H and O–H groups in total. The molecule has 0 heterocycles. The van der Waals surface area contributed by atoms with Crippen LogP contribution in [-0.4, -0.2) is 12.5 Å². The number of hydrogen-bond acceptors (Lipinski definition) is 2. The minimum atomic E-state index is -0.0305. The van der Waals surface area contributed by atoms with E-state index in [0.717, 1.165) is 17.0 Å². The van der Waals surface area contributed by atoms with Crippen molar-refractivity contribution in [1.82, 2.24) is 0 Å². The van der Waals surface area contributed by atoms with Crippen molar-refractivity contribution in [2.45, 2.75) is 46.0 Å². The zero-order valence-electron chi connectivity index (χ0n) is 15.4. The minimum Gasteiger partial charge on any atom is -0.494 e. The highest BCUT2D eigenvalue weighted by Gasteiger charge is 2.13. The van der Waals surface area contributed by atoms with Crippen LogP contribution in [0.15, 0.2) is 42.5 Å². The van der Waals surface area contributed by atoms with Gasteiger partial charge in [0.2, 0.25) is 5.91 Å². The van der Waals surface area contributed by atoms with Gasteiger partial charge in [-0.1, -0.05) is 50.6 Å². The Balaban J connectivity index is 1.75. The summed E-state index contributed by atoms with van der Waals surface area (Å²) < 4.78 is 5.72. The van der Waals surface area contributed by atoms with Gasteiger partial charge >= 0.3 is 0 Å². The van der Waals surface area contributed by atoms with Gasteiger partial charge in [-0.3, -0.25) is 4.79 Å². The average Bonchev–Trinajstić information content (AvgIpc) is 2.55. The van der Waals surface area contributed by atoms with Crippen molar-refractivity contribution in [2.75, 3.05) is 11.9 Å². The molecule has 3 nitrogen and oxygen atoms in total. The summed E-state index contributed by atoms with van der Waals surface area (Å²) in [6.45, 7) is 8.95. The molecule has 0 spiro atoms. The standard InChI is InChI=1S/C21H26ClNO2/c1-15-18(22)7-5-8-19(15)23-20(24)9-6-14-25-17-12-10-16(11-13-17)21(2,3)4/h5,7-8,10-13H,6,9,14H2,1-4H3,(H,23,24). The zero-order valence-corrected chi connectivity index (χ0v) is 16.1. The summed E-state index contributed by atoms with van der Waals surface area (Å²) in [4.78, 5) is 12.0. The molecule has 0 aromatic heterocycles. The number of benzene rings is 2. The molecule has 0 radical (unpaired) electrons. The number of amides is 1. The van der Waals surface area contributed by atoms with Gasteiger partial charge in [0.25, 0.3) is 0 Å². The Labute approximate surface area is 155 Å². The molecule has 134 valence electrons. The van der Waals surface area contributed by atoms with Crippen molar-refractivity contribution in [3.8, 4) is 5.75 Å². The lowest BCUT2D eigenvalue weighted by Gasteiger charge is -2.19. The van der Waals surface area contributed by atoms with E-state index in [0.29, 0.717) is 24.5 Å². The van der Waals surface area contributed by atoms with Crippen LogP contribution in [-0.2, 0) is 10.2 Å². The summed E-state index contributed by atoms with van der Waals surface area (Å²) in [7, 11) is 0. The van der Waals surface area contributed by atoms with Gasteiger partial charge in [-0.25, -0.2) is 0 Å². The molecule has 0 aliphatic carbocycles. The maximum atomic E-state index is 12.0. The van der Waals surface area contributed by atoms with Crippen LogP contribution >= 0.6 is 11.6 Å². The Kier molecular flexibility index (Phi) is 6.49. The minimum absolute atomic E-state index is 0.0305. The monoisotopic (exact) mass is 359 g/mol. The number of anilines is 1. The molecule has 0 atom stereocenters. The molecule has 0 unspecified atom stereocenters. The molecule has 2 rings (SSSR count). The third-order valence-corrected chi connectivity index (χ3v) is 4.49. The topological polar surface area (TPSA) is 38.3 Å². The Morgan fingerprint density at radius 3 is 2.44 bits per heavy atom. The van der Waals surface area contributed by atoms with Crippen molar-refractivity contribution < 1.29 is 9.53 Å². The van der Waals surface area contributed by atoms with Gasteiger partial charge in [0.1, 0.15) is 5.75 Å². The van der Waals surface area contributed by atoms with E-state index in [1.807, 2.05) is 37.3 Å². The number of rotatable bonds is 6. The van der Waals surface area contributed by atoms with Crippen LogP contribution < -0.4 is 10.1 Å². The molecule has 2 aromatic rings. The van der Waals surface area contributed by atoms with Crippen molar-refractivity contribution in [1.29, 1.82) is 0 Å². The summed E-state index contributed by atoms with van der Waals surface area (Å²) in [5.74, 6) is 0.802. The van der Waals surface area contributed by atoms with Crippen LogP contribution in [0.2, 0.25) is 5.02 Å². The molecule has 2 aromatic carbocycles. The summed E-state index contributed by atoms with van der Waals surface area (Å²) in [5.41, 5.74) is 3.05. The SMILES string of the molecule is Cc1c(Cl)cccc1NC(=O)CCCOc1ccc(C(C)(C)C)cc1. The highest BCUT2D eigenvalue weighted by molar-refractivity contribution is 6.31. The fraction of sp³-hybridized carbons (Fsp3) is 0.381. The Morgan fingerprint density at radius 1 is 1.12 bits per heavy atom. The third kappa shape index (κ3) is 5.79. The maximum Gasteiger partial charge on any atom is 0.224 e. The summed E-state index contributed by atoms with van der Waals surface area (Å²) in [6, 6.07) is 13.6. The second-order valence-electron chi connectivity index (χ2n) is 7.19. The second kappa shape index (κ2) is 8.39. The predicted molar refractivity (Wildman–Crippen MR) is 105 cm³/mol. The van der Waals surface area contributed by atoms with Gasteiger partial charge in [-0.2, -0.15) is 0 Å². The highest BCUT2D eigenvalue weighted by Crippen LogP contribution is 2.25. The largest absolute Gasteiger partial charge is 0.494 e. The zero-order chi connectivity index (χ0) is 18.4. The maximum absolute atomic E-state index is 12.0. The van der Waals surface area contributed by atoms with E-state index in [-0.39, 0.29) is 11.3 Å². The smallest absolute Gasteiger partial charge is 0.224 e. The predicted octanol–water partition coefficient (Wildman–Crippen LogP) is 5.74. The first-order valence-electron chi connectivity index (χ1n) is 8.55. The van der Waals surface area contributed by atoms with Crippen LogP contribution in [0.1, 0.15) is 44.7 Å². The highest BCUT2D eigenvalue weighted by atomic mass is 35.5. The van der Waals surface area contributed by atoms with Crippen LogP contribution in [0, 0.1) is 6.92 Å². The van der Waals surface area contributed by atoms with Crippen molar-refractivity contribution in [2.24, 2.45) is 0 Å². The van der Waals surface area contributed by atoms with Gasteiger partial charge in [0.15, 0.2) is 0 Å². The lowest BCUT2D eigenvalue weighted by atomic mass is 9.87. The van der Waals surface area contributed by atoms with Crippen LogP contribution in [0.5, 0.6) is 5.75 Å². The van der Waals surface area contributed by atoms with E-state index in [1.54, 1.807) is 0 Å². The fourth-order valence-electron chi connectivity index (χ4n) is 2.43. The first kappa shape index (κ1) is 19.3. The quantitative estimate of drug-likeness (QED) is 0.667. The number of carbonyl (C=O) groups is 1. The Bertz CT molecular complexity index is 718. The van der Waals surface area contributed by atoms with Crippen molar-refractivity contribution in [3.63, 3.8) is 0 Å². The summed E-state index contributed by atoms with van der Waals surface area (Å²) >= 11 is 6.06. The van der Waals surface area contributed by atoms with Crippen molar-refractivity contribution in [3.05, 3.63) is 58.6 Å². The van der Waals surface area contributed by atoms with Crippen LogP contribution in [0.3, 0.4) is 0 Å². The average molecular weight is 360 g/mol. The molecular weight excluding hydrogens is 334 g/mol. The lowest BCUT2D eigenvalue weighted by molar-refractivity contribution is -0.116. The molecule has 0 bridgehead atoms. The number of nitrogens with one attached hydrogen (secondary N) is 1. The molecule has 4 heteroatoms. The summed E-state index contributed by atoms with van der Waals surface area (Å²) in [6.07, 6.45) is 1.07. The number of hydrogen-bond donors (Lipinski definition) is 1. The first-order chi connectivity index (χ1) is 11.8. The Hall–Kier alpha value is -2.00. The summed E-state index contributed by atoms with van der Waals surface area (Å²) in [5, 5.41) is 3.55. The van der Waals surface area contributed by atoms with E-state index in [1.165, 1.54) is 5.56 Å². The van der Waals surface area contributed by atoms with E-state index in [4.69, 9.17) is 16.3 Å². The molecular formula is C21H26ClNO2. The van der Waals surface area contributed by atoms with E-state index < -0.39 is 0 Å². The Morgan fingerprint density at radius 2 is 1.80 bits per heavy atom. The third-order valence-electron chi connectivity index (χ3n) is 4.08. The van der Waals surface area contributed by atoms with Gasteiger partial charge < -0.3 is 10.1 Å². The number of halogens is 1. The van der Waals surface area contributed by atoms with E-state index in [2.05, 4.69) is 38.2 Å². The molecule has 1 amide bonds. The molecule has 0 aliphatic heterocycles. The number of carbonyl (C=O) groups excluding carboxylic acids is 1. The lowest BCUT2D eigenvalue weighted by Crippen LogP contribution is -2.13. The van der Waals surface area contributed by atoms with E-state index >= 15 is 0 Å². The van der Waals surface area contributed by atoms with Gasteiger partial charge in [-0.05, 0) is 54.2 Å². The van der Waals surface area contributed by atoms with Crippen LogP contribution in [0.4, 0.5) is 5.69 Å². The van der Waals surface area contributed by atoms with Gasteiger partial charge in [-0.15, -0.1) is 0 Å². The second-order valence-corrected chi connectivity index (χ2v) is 7.59. The normalized spacial score (nSPS) is 11.2. The first-order valence-corrected chi connectivity index (χ1v) is 8.93. The number of ether oxygens (including phenoxy) is 1. The van der Waals surface area contributed by atoms with Gasteiger partial charge in [0, 0.05) is 17.1 Å². The van der Waals surface area contributed by atoms with E-state index in [9.17, 15) is 4.79 Å². The van der Waals surface area contributed by atoms with Crippen molar-refractivity contribution >= 4 is 23.2 Å². The van der Waals surface area contributed by atoms with Gasteiger partial charge in [0.05, 0.1) is 6.61 Å². The molecule has 0 saturated heterocycles. The fourth-order valence-corrected chi connectivity index (χ4v) is 2.60.